The van der Waals surface area contributed by atoms with Crippen molar-refractivity contribution in [1.82, 2.24) is 0 Å². The average Bonchev–Trinajstić information content (AvgIpc) is 3.38. The first-order chi connectivity index (χ1) is 31.7. The van der Waals surface area contributed by atoms with Crippen LogP contribution in [0, 0.1) is 0 Å². The molecule has 0 saturated carbocycles. The van der Waals surface area contributed by atoms with Gasteiger partial charge in [-0.2, -0.15) is 0 Å². The summed E-state index contributed by atoms with van der Waals surface area (Å²) in [5, 5.41) is 4.87. The highest BCUT2D eigenvalue weighted by Crippen LogP contribution is 2.47. The number of hydrogen-bond donors (Lipinski definition) is 0. The maximum Gasteiger partial charge on any atom is -0.00257 e. The molecule has 0 aliphatic rings. The molecular formula is C64H44. The summed E-state index contributed by atoms with van der Waals surface area (Å²) in [7, 11) is 0. The normalized spacial score (nSPS) is 11.4. The van der Waals surface area contributed by atoms with Gasteiger partial charge in [-0.1, -0.05) is 218 Å². The third-order valence-electron chi connectivity index (χ3n) is 12.4. The van der Waals surface area contributed by atoms with Crippen LogP contribution in [0.4, 0.5) is 0 Å². The Hall–Kier alpha value is -8.32. The first kappa shape index (κ1) is 38.6. The standard InChI is InChI=1S/C64H44/c1-6-19-45(20-7-1)33-34-46-21-18-30-51(37-46)52-35-36-61-62(44-52)64(58-42-55(49-26-12-4-13-27-49)39-56(43-58)50-28-14-5-15-29-50)60-32-17-16-31-59(60)63(61)57-40-53(47-22-8-2-9-23-47)38-54(41-57)48-24-10-3-11-25-48/h1-44H/b34-33+. The van der Waals surface area contributed by atoms with E-state index in [2.05, 4.69) is 267 Å². The van der Waals surface area contributed by atoms with Crippen LogP contribution in [0.3, 0.4) is 0 Å². The molecular weight excluding hydrogens is 769 g/mol. The molecule has 64 heavy (non-hydrogen) atoms. The van der Waals surface area contributed by atoms with E-state index in [-0.39, 0.29) is 0 Å². The van der Waals surface area contributed by atoms with Gasteiger partial charge < -0.3 is 0 Å². The first-order valence-corrected chi connectivity index (χ1v) is 22.1. The average molecular weight is 813 g/mol. The zero-order valence-electron chi connectivity index (χ0n) is 35.4. The lowest BCUT2D eigenvalue weighted by atomic mass is 9.82. The van der Waals surface area contributed by atoms with Gasteiger partial charge in [-0.05, 0) is 159 Å². The zero-order valence-corrected chi connectivity index (χ0v) is 35.4. The Labute approximate surface area is 375 Å². The Kier molecular flexibility index (Phi) is 10.4. The summed E-state index contributed by atoms with van der Waals surface area (Å²) in [6.07, 6.45) is 4.40. The van der Waals surface area contributed by atoms with Crippen molar-refractivity contribution in [3.63, 3.8) is 0 Å². The van der Waals surface area contributed by atoms with E-state index < -0.39 is 0 Å². The molecule has 0 spiro atoms. The third kappa shape index (κ3) is 7.75. The minimum Gasteiger partial charge on any atom is -0.0622 e. The summed E-state index contributed by atoms with van der Waals surface area (Å²) in [6, 6.07) is 93.0. The minimum absolute atomic E-state index is 1.16. The van der Waals surface area contributed by atoms with Crippen LogP contribution in [0.25, 0.3) is 112 Å². The predicted octanol–water partition coefficient (Wildman–Crippen LogP) is 17.8. The highest BCUT2D eigenvalue weighted by molar-refractivity contribution is 6.22. The lowest BCUT2D eigenvalue weighted by Gasteiger charge is -2.21. The van der Waals surface area contributed by atoms with Crippen molar-refractivity contribution in [2.24, 2.45) is 0 Å². The molecule has 0 unspecified atom stereocenters. The highest BCUT2D eigenvalue weighted by atomic mass is 14.2. The van der Waals surface area contributed by atoms with Crippen LogP contribution in [0.2, 0.25) is 0 Å². The van der Waals surface area contributed by atoms with Gasteiger partial charge in [0.1, 0.15) is 0 Å². The second kappa shape index (κ2) is 17.2. The Morgan fingerprint density at radius 1 is 0.172 bits per heavy atom. The fourth-order valence-corrected chi connectivity index (χ4v) is 9.29. The summed E-state index contributed by atoms with van der Waals surface area (Å²) in [4.78, 5) is 0. The van der Waals surface area contributed by atoms with Gasteiger partial charge in [0.15, 0.2) is 0 Å². The van der Waals surface area contributed by atoms with Gasteiger partial charge in [-0.15, -0.1) is 0 Å². The van der Waals surface area contributed by atoms with Crippen molar-refractivity contribution in [2.75, 3.05) is 0 Å². The van der Waals surface area contributed by atoms with E-state index in [0.717, 1.165) is 5.56 Å². The van der Waals surface area contributed by atoms with E-state index in [4.69, 9.17) is 0 Å². The van der Waals surface area contributed by atoms with Crippen molar-refractivity contribution in [1.29, 1.82) is 0 Å². The largest absolute Gasteiger partial charge is 0.0622 e. The summed E-state index contributed by atoms with van der Waals surface area (Å²) < 4.78 is 0. The van der Waals surface area contributed by atoms with Crippen molar-refractivity contribution in [2.45, 2.75) is 0 Å². The van der Waals surface area contributed by atoms with E-state index in [1.807, 2.05) is 0 Å². The summed E-state index contributed by atoms with van der Waals surface area (Å²) >= 11 is 0. The Balaban J connectivity index is 1.21. The quantitative estimate of drug-likeness (QED) is 0.101. The number of rotatable bonds is 9. The van der Waals surface area contributed by atoms with Crippen molar-refractivity contribution >= 4 is 33.7 Å². The molecule has 0 heteroatoms. The second-order valence-electron chi connectivity index (χ2n) is 16.5. The van der Waals surface area contributed by atoms with Crippen molar-refractivity contribution in [3.05, 3.63) is 266 Å². The molecule has 0 fully saturated rings. The molecule has 300 valence electrons. The molecule has 0 saturated heterocycles. The molecule has 11 aromatic rings. The van der Waals surface area contributed by atoms with Gasteiger partial charge in [0.2, 0.25) is 0 Å². The van der Waals surface area contributed by atoms with Crippen LogP contribution in [0.15, 0.2) is 255 Å². The second-order valence-corrected chi connectivity index (χ2v) is 16.5. The van der Waals surface area contributed by atoms with Gasteiger partial charge in [0.25, 0.3) is 0 Å². The molecule has 0 heterocycles. The lowest BCUT2D eigenvalue weighted by molar-refractivity contribution is 1.57. The smallest absolute Gasteiger partial charge is 0.00257 e. The van der Waals surface area contributed by atoms with Gasteiger partial charge in [-0.25, -0.2) is 0 Å². The van der Waals surface area contributed by atoms with Gasteiger partial charge >= 0.3 is 0 Å². The van der Waals surface area contributed by atoms with E-state index in [1.165, 1.54) is 105 Å². The van der Waals surface area contributed by atoms with Crippen LogP contribution < -0.4 is 0 Å². The molecule has 0 nitrogen and oxygen atoms in total. The molecule has 0 amide bonds. The van der Waals surface area contributed by atoms with Gasteiger partial charge in [0, 0.05) is 0 Å². The molecule has 0 atom stereocenters. The molecule has 0 aliphatic heterocycles. The fraction of sp³-hybridized carbons (Fsp3) is 0. The zero-order chi connectivity index (χ0) is 42.7. The monoisotopic (exact) mass is 812 g/mol. The fourth-order valence-electron chi connectivity index (χ4n) is 9.29. The molecule has 11 rings (SSSR count). The number of fused-ring (bicyclic) bond motifs is 2. The van der Waals surface area contributed by atoms with Gasteiger partial charge in [0.05, 0.1) is 0 Å². The predicted molar refractivity (Wildman–Crippen MR) is 275 cm³/mol. The molecule has 0 aliphatic carbocycles. The SMILES string of the molecule is C(=C\c1cccc(-c2ccc3c(-c4cc(-c5ccccc5)cc(-c5ccccc5)c4)c4ccccc4c(-c4cc(-c5ccccc5)cc(-c5ccccc5)c4)c3c2)c1)/c1ccccc1. The van der Waals surface area contributed by atoms with E-state index in [0.29, 0.717) is 0 Å². The van der Waals surface area contributed by atoms with E-state index >= 15 is 0 Å². The Morgan fingerprint density at radius 3 is 0.969 bits per heavy atom. The maximum atomic E-state index is 2.44. The van der Waals surface area contributed by atoms with Crippen LogP contribution in [-0.4, -0.2) is 0 Å². The summed E-state index contributed by atoms with van der Waals surface area (Å²) in [5.41, 5.74) is 19.1. The number of hydrogen-bond acceptors (Lipinski definition) is 0. The lowest BCUT2D eigenvalue weighted by Crippen LogP contribution is -1.94. The maximum absolute atomic E-state index is 2.44. The van der Waals surface area contributed by atoms with Crippen molar-refractivity contribution < 1.29 is 0 Å². The van der Waals surface area contributed by atoms with Crippen molar-refractivity contribution in [3.8, 4) is 77.9 Å². The van der Waals surface area contributed by atoms with Gasteiger partial charge in [-0.3, -0.25) is 0 Å². The molecule has 0 bridgehead atoms. The third-order valence-corrected chi connectivity index (χ3v) is 12.4. The van der Waals surface area contributed by atoms with Crippen LogP contribution in [0.1, 0.15) is 11.1 Å². The minimum atomic E-state index is 1.16. The summed E-state index contributed by atoms with van der Waals surface area (Å²) in [6.45, 7) is 0. The van der Waals surface area contributed by atoms with Crippen LogP contribution in [-0.2, 0) is 0 Å². The van der Waals surface area contributed by atoms with E-state index in [9.17, 15) is 0 Å². The molecule has 0 aromatic heterocycles. The summed E-state index contributed by atoms with van der Waals surface area (Å²) in [5.74, 6) is 0. The van der Waals surface area contributed by atoms with Crippen LogP contribution >= 0.6 is 0 Å². The van der Waals surface area contributed by atoms with E-state index in [1.54, 1.807) is 0 Å². The Morgan fingerprint density at radius 2 is 0.500 bits per heavy atom. The highest BCUT2D eigenvalue weighted by Gasteiger charge is 2.20. The topological polar surface area (TPSA) is 0 Å². The molecule has 11 aromatic carbocycles. The Bertz CT molecular complexity index is 3320. The number of benzene rings is 11. The van der Waals surface area contributed by atoms with Crippen LogP contribution in [0.5, 0.6) is 0 Å². The molecule has 0 radical (unpaired) electrons. The first-order valence-electron chi connectivity index (χ1n) is 22.1. The molecule has 0 N–H and O–H groups in total.